The topological polar surface area (TPSA) is 164 Å². The Labute approximate surface area is 339 Å². The molecule has 14 nitrogen and oxygen atoms in total. The van der Waals surface area contributed by atoms with Gasteiger partial charge in [-0.25, -0.2) is 17.8 Å². The Morgan fingerprint density at radius 3 is 2.29 bits per heavy atom. The van der Waals surface area contributed by atoms with Gasteiger partial charge in [-0.3, -0.25) is 29.5 Å². The normalized spacial score (nSPS) is 22.4. The van der Waals surface area contributed by atoms with Crippen molar-refractivity contribution in [1.29, 1.82) is 5.26 Å². The maximum atomic E-state index is 15.1. The van der Waals surface area contributed by atoms with Gasteiger partial charge in [0.15, 0.2) is 0 Å². The number of piperazine rings is 1. The molecule has 1 saturated carbocycles. The van der Waals surface area contributed by atoms with Crippen LogP contribution in [0.5, 0.6) is 0 Å². The average Bonchev–Trinajstić information content (AvgIpc) is 3.81. The van der Waals surface area contributed by atoms with Crippen LogP contribution in [0.25, 0.3) is 11.0 Å². The number of nitrogens with one attached hydrogen (secondary N) is 2. The first-order valence-corrected chi connectivity index (χ1v) is 20.3. The molecule has 3 N–H and O–H groups in total. The van der Waals surface area contributed by atoms with Gasteiger partial charge in [0, 0.05) is 86.7 Å². The van der Waals surface area contributed by atoms with Crippen molar-refractivity contribution in [1.82, 2.24) is 34.3 Å². The van der Waals surface area contributed by atoms with Gasteiger partial charge in [0.2, 0.25) is 11.8 Å². The molecule has 0 spiro atoms. The fourth-order valence-electron chi connectivity index (χ4n) is 9.42. The van der Waals surface area contributed by atoms with Gasteiger partial charge >= 0.3 is 0 Å². The van der Waals surface area contributed by atoms with Crippen LogP contribution in [0.3, 0.4) is 0 Å². The predicted octanol–water partition coefficient (Wildman–Crippen LogP) is 4.66. The lowest BCUT2D eigenvalue weighted by atomic mass is 9.83. The van der Waals surface area contributed by atoms with Crippen LogP contribution in [0, 0.1) is 23.0 Å². The number of aliphatic hydroxyl groups is 1. The van der Waals surface area contributed by atoms with Crippen molar-refractivity contribution in [2.75, 3.05) is 49.5 Å². The highest BCUT2D eigenvalue weighted by Gasteiger charge is 2.38. The highest BCUT2D eigenvalue weighted by atomic mass is 19.1. The van der Waals surface area contributed by atoms with E-state index < -0.39 is 40.9 Å². The maximum Gasteiger partial charge on any atom is 0.274 e. The van der Waals surface area contributed by atoms with Gasteiger partial charge in [-0.15, -0.1) is 0 Å². The molecular weight excluding hydrogens is 759 g/mol. The summed E-state index contributed by atoms with van der Waals surface area (Å²) in [5, 5.41) is 34.7. The summed E-state index contributed by atoms with van der Waals surface area (Å²) in [5.41, 5.74) is 3.07. The Balaban J connectivity index is 0.787. The lowest BCUT2D eigenvalue weighted by Gasteiger charge is -2.50. The van der Waals surface area contributed by atoms with E-state index in [-0.39, 0.29) is 18.4 Å². The van der Waals surface area contributed by atoms with E-state index in [0.717, 1.165) is 63.1 Å². The first-order chi connectivity index (χ1) is 28.3. The summed E-state index contributed by atoms with van der Waals surface area (Å²) in [6, 6.07) is 14.4. The number of piperidine rings is 1. The van der Waals surface area contributed by atoms with Gasteiger partial charge in [-0.05, 0) is 88.4 Å². The van der Waals surface area contributed by atoms with E-state index in [1.54, 1.807) is 42.8 Å². The van der Waals surface area contributed by atoms with Crippen molar-refractivity contribution in [2.24, 2.45) is 0 Å². The minimum atomic E-state index is -1.27. The number of halogens is 2. The van der Waals surface area contributed by atoms with Gasteiger partial charge in [0.1, 0.15) is 23.4 Å². The van der Waals surface area contributed by atoms with Crippen LogP contribution in [0.1, 0.15) is 97.1 Å². The number of fused-ring (bicyclic) bond motifs is 2. The smallest absolute Gasteiger partial charge is 0.274 e. The number of hydrogen-bond donors (Lipinski definition) is 3. The summed E-state index contributed by atoms with van der Waals surface area (Å²) >= 11 is 0. The zero-order chi connectivity index (χ0) is 41.2. The number of carbonyl (C=O) groups excluding carboxylic acids is 3. The van der Waals surface area contributed by atoms with Crippen molar-refractivity contribution in [3.8, 4) is 6.07 Å². The molecule has 4 aromatic heterocycles. The van der Waals surface area contributed by atoms with Crippen molar-refractivity contribution < 1.29 is 28.3 Å². The fourth-order valence-corrected chi connectivity index (χ4v) is 9.42. The number of rotatable bonds is 8. The molecule has 7 heterocycles. The van der Waals surface area contributed by atoms with E-state index in [4.69, 9.17) is 5.10 Å². The van der Waals surface area contributed by atoms with Crippen molar-refractivity contribution in [3.63, 3.8) is 0 Å². The molecular formula is C43H46F2N10O4. The van der Waals surface area contributed by atoms with Crippen LogP contribution < -0.4 is 15.5 Å². The van der Waals surface area contributed by atoms with Crippen LogP contribution in [-0.4, -0.2) is 103 Å². The first-order valence-electron chi connectivity index (χ1n) is 20.3. The van der Waals surface area contributed by atoms with Crippen LogP contribution in [0.4, 0.5) is 20.2 Å². The zero-order valence-electron chi connectivity index (χ0n) is 33.0. The molecule has 5 aromatic rings. The average molecular weight is 805 g/mol. The Morgan fingerprint density at radius 1 is 0.932 bits per heavy atom. The number of nitrogens with zero attached hydrogens (tertiary/aromatic N) is 8. The molecule has 0 bridgehead atoms. The number of aromatic nitrogens is 4. The molecule has 3 aliphatic heterocycles. The third-order valence-corrected chi connectivity index (χ3v) is 12.8. The number of anilines is 2. The van der Waals surface area contributed by atoms with E-state index in [1.165, 1.54) is 22.8 Å². The van der Waals surface area contributed by atoms with Gasteiger partial charge in [-0.1, -0.05) is 0 Å². The fraction of sp³-hybridized carbons (Fsp3) is 0.442. The monoisotopic (exact) mass is 804 g/mol. The number of imide groups is 1. The zero-order valence-corrected chi connectivity index (χ0v) is 33.0. The van der Waals surface area contributed by atoms with Crippen LogP contribution in [0.15, 0.2) is 54.9 Å². The number of pyridine rings is 1. The maximum absolute atomic E-state index is 15.1. The second-order valence-corrected chi connectivity index (χ2v) is 16.9. The summed E-state index contributed by atoms with van der Waals surface area (Å²) in [5.74, 6) is -3.69. The Bertz CT molecular complexity index is 2490. The largest absolute Gasteiger partial charge is 0.386 e. The van der Waals surface area contributed by atoms with E-state index in [9.17, 15) is 24.8 Å². The van der Waals surface area contributed by atoms with E-state index in [2.05, 4.69) is 37.7 Å². The van der Waals surface area contributed by atoms with Crippen LogP contribution in [-0.2, 0) is 15.2 Å². The third-order valence-electron chi connectivity index (χ3n) is 12.8. The number of benzene rings is 1. The molecule has 59 heavy (non-hydrogen) atoms. The summed E-state index contributed by atoms with van der Waals surface area (Å²) in [6.45, 7) is 8.51. The van der Waals surface area contributed by atoms with Crippen molar-refractivity contribution in [3.05, 3.63) is 94.6 Å². The van der Waals surface area contributed by atoms with E-state index >= 15 is 8.78 Å². The van der Waals surface area contributed by atoms with E-state index in [1.807, 2.05) is 11.0 Å². The number of hydrogen-bond acceptors (Lipinski definition) is 10. The summed E-state index contributed by atoms with van der Waals surface area (Å²) < 4.78 is 33.6. The molecule has 1 aliphatic carbocycles. The predicted molar refractivity (Wildman–Crippen MR) is 214 cm³/mol. The molecule has 306 valence electrons. The minimum Gasteiger partial charge on any atom is -0.386 e. The lowest BCUT2D eigenvalue weighted by molar-refractivity contribution is -0.134. The van der Waals surface area contributed by atoms with Crippen LogP contribution >= 0.6 is 0 Å². The van der Waals surface area contributed by atoms with Gasteiger partial charge in [-0.2, -0.15) is 15.5 Å². The van der Waals surface area contributed by atoms with Gasteiger partial charge in [0.25, 0.3) is 5.91 Å². The molecule has 0 radical (unpaired) electrons. The second kappa shape index (κ2) is 15.1. The number of nitriles is 1. The van der Waals surface area contributed by atoms with Crippen LogP contribution in [0.2, 0.25) is 0 Å². The molecule has 4 aliphatic rings. The first kappa shape index (κ1) is 38.7. The molecule has 1 atom stereocenters. The lowest BCUT2D eigenvalue weighted by Crippen LogP contribution is -2.64. The van der Waals surface area contributed by atoms with Gasteiger partial charge < -0.3 is 15.3 Å². The highest BCUT2D eigenvalue weighted by molar-refractivity contribution is 6.04. The quantitative estimate of drug-likeness (QED) is 0.188. The molecule has 3 saturated heterocycles. The molecule has 1 aromatic carbocycles. The molecule has 1 unspecified atom stereocenters. The molecule has 9 rings (SSSR count). The Morgan fingerprint density at radius 2 is 1.63 bits per heavy atom. The Hall–Kier alpha value is -5.76. The molecule has 4 fully saturated rings. The number of amides is 3. The van der Waals surface area contributed by atoms with E-state index in [0.29, 0.717) is 64.8 Å². The summed E-state index contributed by atoms with van der Waals surface area (Å²) in [7, 11) is 0. The second-order valence-electron chi connectivity index (χ2n) is 16.9. The standard InChI is InChI=1S/C43H46F2N10O4/c1-43(2,59)33-24-54-30(19-37(33)48-42(58)38-9-7-28-15-25(20-46)21-47-55(28)38)18-36(50-54)26-3-5-27(6-4-26)51-11-13-52(14-12-51)31-22-53(23-31)29-16-34(44)40(35(45)17-29)32-8-10-39(56)49-41(32)57/h7,9,15-19,21,24,26-27,31-32,59H,3-6,8,10-14,22-23H2,1-2H3,(H,48,58)(H,49,56,57). The van der Waals surface area contributed by atoms with Crippen molar-refractivity contribution >= 4 is 40.1 Å². The SMILES string of the molecule is CC(C)(O)c1cn2nc(C3CCC(N4CCN(C5CN(c6cc(F)c(C7CCC(=O)NC7=O)c(F)c6)C5)CC4)CC3)cc2cc1NC(=O)c1ccc2cc(C#N)cnn12. The third kappa shape index (κ3) is 7.43. The minimum absolute atomic E-state index is 0.0572. The summed E-state index contributed by atoms with van der Waals surface area (Å²) in [6.07, 6.45) is 7.48. The van der Waals surface area contributed by atoms with Crippen molar-refractivity contribution in [2.45, 2.75) is 81.9 Å². The van der Waals surface area contributed by atoms with Gasteiger partial charge in [0.05, 0.1) is 45.7 Å². The highest BCUT2D eigenvalue weighted by Crippen LogP contribution is 2.38. The molecule has 16 heteroatoms. The summed E-state index contributed by atoms with van der Waals surface area (Å²) in [4.78, 5) is 44.3. The molecule has 3 amide bonds. The number of carbonyl (C=O) groups is 3. The Kier molecular flexibility index (Phi) is 9.93.